The molecule has 0 radical (unpaired) electrons. The summed E-state index contributed by atoms with van der Waals surface area (Å²) in [5.41, 5.74) is 3.27. The zero-order valence-electron chi connectivity index (χ0n) is 16.3. The highest BCUT2D eigenvalue weighted by atomic mass is 16.2. The summed E-state index contributed by atoms with van der Waals surface area (Å²) in [4.78, 5) is 29.0. The van der Waals surface area contributed by atoms with Crippen LogP contribution in [0.1, 0.15) is 24.2 Å². The number of nitrogens with zero attached hydrogens (tertiary/aromatic N) is 4. The minimum Gasteiger partial charge on any atom is -0.342 e. The standard InChI is InChI=1S/C22H27N5O/c1-26(14-17-8-10-23-11-9-17)16-22(28)27-12-4-5-18(15-27)13-21-24-19-6-2-3-7-20(19)25-21/h2-3,6-11,18H,4-5,12-16H2,1H3,(H,24,25)/t18-/m1/s1. The summed E-state index contributed by atoms with van der Waals surface area (Å²) in [6.45, 7) is 2.88. The van der Waals surface area contributed by atoms with Gasteiger partial charge in [-0.15, -0.1) is 0 Å². The molecule has 6 nitrogen and oxygen atoms in total. The van der Waals surface area contributed by atoms with Crippen LogP contribution >= 0.6 is 0 Å². The van der Waals surface area contributed by atoms with E-state index in [1.165, 1.54) is 5.56 Å². The number of carbonyl (C=O) groups is 1. The number of piperidine rings is 1. The van der Waals surface area contributed by atoms with E-state index in [9.17, 15) is 4.79 Å². The van der Waals surface area contributed by atoms with Gasteiger partial charge in [0.05, 0.1) is 17.6 Å². The number of nitrogens with one attached hydrogen (secondary N) is 1. The van der Waals surface area contributed by atoms with Gasteiger partial charge in [0.15, 0.2) is 0 Å². The fraction of sp³-hybridized carbons (Fsp3) is 0.409. The number of carbonyl (C=O) groups excluding carboxylic acids is 1. The Morgan fingerprint density at radius 2 is 2.07 bits per heavy atom. The number of hydrogen-bond donors (Lipinski definition) is 1. The number of pyridine rings is 1. The zero-order valence-corrected chi connectivity index (χ0v) is 16.3. The highest BCUT2D eigenvalue weighted by Gasteiger charge is 2.25. The Hall–Kier alpha value is -2.73. The Morgan fingerprint density at radius 3 is 2.89 bits per heavy atom. The highest BCUT2D eigenvalue weighted by molar-refractivity contribution is 5.78. The van der Waals surface area contributed by atoms with E-state index in [1.54, 1.807) is 12.4 Å². The van der Waals surface area contributed by atoms with Gasteiger partial charge in [-0.1, -0.05) is 12.1 Å². The largest absolute Gasteiger partial charge is 0.342 e. The molecule has 146 valence electrons. The predicted octanol–water partition coefficient (Wildman–Crippen LogP) is 2.87. The summed E-state index contributed by atoms with van der Waals surface area (Å²) in [6, 6.07) is 12.1. The van der Waals surface area contributed by atoms with Crippen molar-refractivity contribution in [3.63, 3.8) is 0 Å². The fourth-order valence-corrected chi connectivity index (χ4v) is 4.02. The van der Waals surface area contributed by atoms with E-state index in [4.69, 9.17) is 4.98 Å². The zero-order chi connectivity index (χ0) is 19.3. The second-order valence-corrected chi connectivity index (χ2v) is 7.78. The molecule has 0 spiro atoms. The molecule has 2 aromatic heterocycles. The van der Waals surface area contributed by atoms with Crippen molar-refractivity contribution in [2.75, 3.05) is 26.7 Å². The smallest absolute Gasteiger partial charge is 0.236 e. The first-order valence-corrected chi connectivity index (χ1v) is 9.96. The number of amides is 1. The van der Waals surface area contributed by atoms with Crippen LogP contribution in [0.5, 0.6) is 0 Å². The van der Waals surface area contributed by atoms with Gasteiger partial charge < -0.3 is 9.88 Å². The molecule has 0 saturated carbocycles. The maximum Gasteiger partial charge on any atom is 0.236 e. The van der Waals surface area contributed by atoms with Crippen LogP contribution in [0.2, 0.25) is 0 Å². The Balaban J connectivity index is 1.31. The maximum absolute atomic E-state index is 12.8. The summed E-state index contributed by atoms with van der Waals surface area (Å²) >= 11 is 0. The first kappa shape index (κ1) is 18.6. The monoisotopic (exact) mass is 377 g/mol. The number of likely N-dealkylation sites (N-methyl/N-ethyl adjacent to an activating group) is 1. The van der Waals surface area contributed by atoms with Gasteiger partial charge in [0.25, 0.3) is 0 Å². The second-order valence-electron chi connectivity index (χ2n) is 7.78. The summed E-state index contributed by atoms with van der Waals surface area (Å²) in [5, 5.41) is 0. The molecule has 1 N–H and O–H groups in total. The lowest BCUT2D eigenvalue weighted by atomic mass is 9.94. The number of hydrogen-bond acceptors (Lipinski definition) is 4. The van der Waals surface area contributed by atoms with Crippen LogP contribution in [-0.2, 0) is 17.8 Å². The third-order valence-corrected chi connectivity index (χ3v) is 5.40. The molecule has 28 heavy (non-hydrogen) atoms. The summed E-state index contributed by atoms with van der Waals surface area (Å²) in [7, 11) is 1.99. The maximum atomic E-state index is 12.8. The minimum atomic E-state index is 0.214. The van der Waals surface area contributed by atoms with Gasteiger partial charge in [-0.3, -0.25) is 14.7 Å². The number of imidazole rings is 1. The van der Waals surface area contributed by atoms with Crippen LogP contribution in [0.25, 0.3) is 11.0 Å². The van der Waals surface area contributed by atoms with Crippen molar-refractivity contribution in [2.24, 2.45) is 5.92 Å². The van der Waals surface area contributed by atoms with Gasteiger partial charge in [-0.05, 0) is 55.6 Å². The molecule has 6 heteroatoms. The summed E-state index contributed by atoms with van der Waals surface area (Å²) < 4.78 is 0. The quantitative estimate of drug-likeness (QED) is 0.717. The van der Waals surface area contributed by atoms with Crippen LogP contribution in [0, 0.1) is 5.92 Å². The molecule has 1 amide bonds. The van der Waals surface area contributed by atoms with Gasteiger partial charge in [0.2, 0.25) is 5.91 Å². The molecule has 3 heterocycles. The van der Waals surface area contributed by atoms with Crippen molar-refractivity contribution in [2.45, 2.75) is 25.8 Å². The SMILES string of the molecule is CN(CC(=O)N1CCC[C@H](Cc2nc3ccccc3[nH]2)C1)Cc1ccncc1. The topological polar surface area (TPSA) is 65.1 Å². The van der Waals surface area contributed by atoms with Crippen LogP contribution in [0.3, 0.4) is 0 Å². The van der Waals surface area contributed by atoms with Gasteiger partial charge in [0, 0.05) is 38.4 Å². The lowest BCUT2D eigenvalue weighted by molar-refractivity contribution is -0.134. The van der Waals surface area contributed by atoms with Crippen molar-refractivity contribution in [3.05, 3.63) is 60.2 Å². The molecule has 3 aromatic rings. The lowest BCUT2D eigenvalue weighted by Crippen LogP contribution is -2.44. The number of aromatic amines is 1. The molecule has 1 aliphatic heterocycles. The fourth-order valence-electron chi connectivity index (χ4n) is 4.02. The first-order valence-electron chi connectivity index (χ1n) is 9.96. The number of aromatic nitrogens is 3. The van der Waals surface area contributed by atoms with Crippen molar-refractivity contribution in [1.29, 1.82) is 0 Å². The molecule has 1 aliphatic rings. The van der Waals surface area contributed by atoms with E-state index in [2.05, 4.69) is 20.9 Å². The van der Waals surface area contributed by atoms with E-state index >= 15 is 0 Å². The molecular formula is C22H27N5O. The van der Waals surface area contributed by atoms with Gasteiger partial charge in [-0.2, -0.15) is 0 Å². The van der Waals surface area contributed by atoms with Crippen LogP contribution in [0.4, 0.5) is 0 Å². The molecule has 0 bridgehead atoms. The van der Waals surface area contributed by atoms with E-state index in [-0.39, 0.29) is 5.91 Å². The minimum absolute atomic E-state index is 0.214. The lowest BCUT2D eigenvalue weighted by Gasteiger charge is -2.33. The Bertz CT molecular complexity index is 890. The van der Waals surface area contributed by atoms with Gasteiger partial charge >= 0.3 is 0 Å². The van der Waals surface area contributed by atoms with Crippen LogP contribution < -0.4 is 0 Å². The van der Waals surface area contributed by atoms with E-state index in [0.717, 1.165) is 55.8 Å². The first-order chi connectivity index (χ1) is 13.7. The van der Waals surface area contributed by atoms with E-state index in [1.807, 2.05) is 42.3 Å². The second kappa shape index (κ2) is 8.52. The van der Waals surface area contributed by atoms with Crippen molar-refractivity contribution < 1.29 is 4.79 Å². The highest BCUT2D eigenvalue weighted by Crippen LogP contribution is 2.21. The molecule has 0 aliphatic carbocycles. The molecular weight excluding hydrogens is 350 g/mol. The summed E-state index contributed by atoms with van der Waals surface area (Å²) in [5.74, 6) is 1.70. The Morgan fingerprint density at radius 1 is 1.25 bits per heavy atom. The number of fused-ring (bicyclic) bond motifs is 1. The number of rotatable bonds is 6. The van der Waals surface area contributed by atoms with Crippen molar-refractivity contribution in [3.8, 4) is 0 Å². The Kier molecular flexibility index (Phi) is 5.67. The predicted molar refractivity (Wildman–Crippen MR) is 110 cm³/mol. The number of likely N-dealkylation sites (tertiary alicyclic amines) is 1. The molecule has 1 fully saturated rings. The third kappa shape index (κ3) is 4.57. The third-order valence-electron chi connectivity index (χ3n) is 5.40. The number of para-hydroxylation sites is 2. The molecule has 1 atom stereocenters. The average Bonchev–Trinajstić information content (AvgIpc) is 3.11. The van der Waals surface area contributed by atoms with Gasteiger partial charge in [-0.25, -0.2) is 4.98 Å². The Labute approximate surface area is 165 Å². The molecule has 0 unspecified atom stereocenters. The normalized spacial score (nSPS) is 17.4. The van der Waals surface area contributed by atoms with Gasteiger partial charge in [0.1, 0.15) is 5.82 Å². The number of H-pyrrole nitrogens is 1. The van der Waals surface area contributed by atoms with Crippen LogP contribution in [0.15, 0.2) is 48.8 Å². The molecule has 1 aromatic carbocycles. The van der Waals surface area contributed by atoms with E-state index in [0.29, 0.717) is 12.5 Å². The summed E-state index contributed by atoms with van der Waals surface area (Å²) in [6.07, 6.45) is 6.68. The van der Waals surface area contributed by atoms with Crippen LogP contribution in [-0.4, -0.2) is 57.3 Å². The van der Waals surface area contributed by atoms with E-state index < -0.39 is 0 Å². The average molecular weight is 377 g/mol. The van der Waals surface area contributed by atoms with Crippen molar-refractivity contribution >= 4 is 16.9 Å². The van der Waals surface area contributed by atoms with Crippen molar-refractivity contribution in [1.82, 2.24) is 24.8 Å². The molecule has 1 saturated heterocycles. The molecule has 4 rings (SSSR count). The number of benzene rings is 1.